The van der Waals surface area contributed by atoms with Crippen LogP contribution in [0.2, 0.25) is 0 Å². The zero-order valence-electron chi connectivity index (χ0n) is 13.1. The molecule has 8 heteroatoms. The number of nitrogens with zero attached hydrogens (tertiary/aromatic N) is 4. The van der Waals surface area contributed by atoms with Crippen molar-refractivity contribution in [2.24, 2.45) is 0 Å². The maximum atomic E-state index is 12.3. The maximum absolute atomic E-state index is 12.3. The van der Waals surface area contributed by atoms with E-state index < -0.39 is 0 Å². The van der Waals surface area contributed by atoms with Crippen molar-refractivity contribution in [2.75, 3.05) is 19.7 Å². The van der Waals surface area contributed by atoms with Gasteiger partial charge in [-0.15, -0.1) is 5.10 Å². The number of hydrogen-bond acceptors (Lipinski definition) is 5. The van der Waals surface area contributed by atoms with Crippen molar-refractivity contribution in [1.82, 2.24) is 24.4 Å². The molecule has 1 aliphatic rings. The van der Waals surface area contributed by atoms with Crippen molar-refractivity contribution in [3.05, 3.63) is 34.9 Å². The van der Waals surface area contributed by atoms with Crippen LogP contribution in [0.5, 0.6) is 0 Å². The minimum Gasteiger partial charge on any atom is -0.450 e. The summed E-state index contributed by atoms with van der Waals surface area (Å²) in [7, 11) is 0. The number of piperidine rings is 1. The zero-order chi connectivity index (χ0) is 16.2. The molecule has 2 aromatic heterocycles. The summed E-state index contributed by atoms with van der Waals surface area (Å²) in [5, 5.41) is 7.20. The number of amides is 1. The Labute approximate surface area is 133 Å². The summed E-state index contributed by atoms with van der Waals surface area (Å²) in [5.41, 5.74) is 0.483. The fourth-order valence-corrected chi connectivity index (χ4v) is 2.89. The maximum Gasteiger partial charge on any atom is 0.407 e. The first kappa shape index (κ1) is 15.5. The van der Waals surface area contributed by atoms with Gasteiger partial charge in [-0.25, -0.2) is 9.59 Å². The van der Waals surface area contributed by atoms with Gasteiger partial charge < -0.3 is 10.1 Å². The number of fused-ring (bicyclic) bond motifs is 1. The van der Waals surface area contributed by atoms with Gasteiger partial charge in [0.1, 0.15) is 0 Å². The van der Waals surface area contributed by atoms with E-state index in [9.17, 15) is 9.59 Å². The number of likely N-dealkylation sites (tertiary alicyclic amines) is 1. The minimum absolute atomic E-state index is 0.0375. The van der Waals surface area contributed by atoms with Gasteiger partial charge in [0.05, 0.1) is 13.3 Å². The molecular formula is C15H21N5O3. The highest BCUT2D eigenvalue weighted by Gasteiger charge is 2.22. The number of pyridine rings is 1. The molecule has 124 valence electrons. The molecule has 0 spiro atoms. The molecule has 23 heavy (non-hydrogen) atoms. The Morgan fingerprint density at radius 2 is 2.35 bits per heavy atom. The zero-order valence-corrected chi connectivity index (χ0v) is 13.1. The lowest BCUT2D eigenvalue weighted by Gasteiger charge is -2.32. The monoisotopic (exact) mass is 319 g/mol. The fraction of sp³-hybridized carbons (Fsp3) is 0.533. The van der Waals surface area contributed by atoms with E-state index in [1.54, 1.807) is 25.3 Å². The standard InChI is InChI=1S/C15H21N5O3/c1-2-23-14(21)16-12-6-5-8-18(10-12)11-20-15(22)19-9-4-3-7-13(19)17-20/h3-4,7,9,12H,2,5-6,8,10-11H2,1H3,(H,16,21)/t12-/m0/s1. The lowest BCUT2D eigenvalue weighted by atomic mass is 10.1. The lowest BCUT2D eigenvalue weighted by Crippen LogP contribution is -2.49. The van der Waals surface area contributed by atoms with Gasteiger partial charge in [0.15, 0.2) is 5.65 Å². The van der Waals surface area contributed by atoms with Gasteiger partial charge in [0, 0.05) is 25.3 Å². The van der Waals surface area contributed by atoms with E-state index in [1.807, 2.05) is 6.07 Å². The van der Waals surface area contributed by atoms with Gasteiger partial charge >= 0.3 is 11.8 Å². The number of carbonyl (C=O) groups excluding carboxylic acids is 1. The molecule has 1 fully saturated rings. The number of ether oxygens (including phenoxy) is 1. The van der Waals surface area contributed by atoms with Crippen molar-refractivity contribution in [3.8, 4) is 0 Å². The van der Waals surface area contributed by atoms with Crippen molar-refractivity contribution in [2.45, 2.75) is 32.5 Å². The summed E-state index contributed by atoms with van der Waals surface area (Å²) in [5.74, 6) is 0. The van der Waals surface area contributed by atoms with E-state index >= 15 is 0 Å². The van der Waals surface area contributed by atoms with Crippen LogP contribution in [0.25, 0.3) is 5.65 Å². The van der Waals surface area contributed by atoms with E-state index in [1.165, 1.54) is 9.08 Å². The summed E-state index contributed by atoms with van der Waals surface area (Å²) in [6.45, 7) is 4.11. The summed E-state index contributed by atoms with van der Waals surface area (Å²) >= 11 is 0. The van der Waals surface area contributed by atoms with Crippen LogP contribution >= 0.6 is 0 Å². The Kier molecular flexibility index (Phi) is 4.61. The second kappa shape index (κ2) is 6.82. The smallest absolute Gasteiger partial charge is 0.407 e. The topological polar surface area (TPSA) is 80.9 Å². The van der Waals surface area contributed by atoms with E-state index in [2.05, 4.69) is 15.3 Å². The predicted molar refractivity (Wildman–Crippen MR) is 84.2 cm³/mol. The van der Waals surface area contributed by atoms with Crippen LogP contribution in [-0.2, 0) is 11.4 Å². The van der Waals surface area contributed by atoms with Crippen LogP contribution < -0.4 is 11.0 Å². The number of rotatable bonds is 4. The van der Waals surface area contributed by atoms with Gasteiger partial charge in [0.25, 0.3) is 0 Å². The molecule has 1 N–H and O–H groups in total. The number of aromatic nitrogens is 3. The molecule has 0 bridgehead atoms. The highest BCUT2D eigenvalue weighted by atomic mass is 16.5. The van der Waals surface area contributed by atoms with Crippen molar-refractivity contribution in [1.29, 1.82) is 0 Å². The van der Waals surface area contributed by atoms with Crippen LogP contribution in [-0.4, -0.2) is 50.9 Å². The van der Waals surface area contributed by atoms with Gasteiger partial charge in [-0.2, -0.15) is 4.68 Å². The van der Waals surface area contributed by atoms with Gasteiger partial charge in [-0.3, -0.25) is 9.30 Å². The molecule has 0 saturated carbocycles. The molecule has 3 heterocycles. The van der Waals surface area contributed by atoms with Crippen LogP contribution in [0.15, 0.2) is 29.2 Å². The molecular weight excluding hydrogens is 298 g/mol. The SMILES string of the molecule is CCOC(=O)N[C@H]1CCCN(Cn2nc3ccccn3c2=O)C1. The molecule has 1 atom stereocenters. The average Bonchev–Trinajstić information content (AvgIpc) is 2.84. The number of hydrogen-bond donors (Lipinski definition) is 1. The van der Waals surface area contributed by atoms with E-state index in [0.29, 0.717) is 25.5 Å². The van der Waals surface area contributed by atoms with Crippen molar-refractivity contribution >= 4 is 11.7 Å². The second-order valence-corrected chi connectivity index (χ2v) is 5.63. The van der Waals surface area contributed by atoms with Crippen molar-refractivity contribution in [3.63, 3.8) is 0 Å². The average molecular weight is 319 g/mol. The highest BCUT2D eigenvalue weighted by Crippen LogP contribution is 2.11. The molecule has 0 radical (unpaired) electrons. The fourth-order valence-electron chi connectivity index (χ4n) is 2.89. The van der Waals surface area contributed by atoms with Crippen LogP contribution in [0.3, 0.4) is 0 Å². The first-order valence-electron chi connectivity index (χ1n) is 7.87. The third kappa shape index (κ3) is 3.53. The van der Waals surface area contributed by atoms with E-state index in [0.717, 1.165) is 19.4 Å². The van der Waals surface area contributed by atoms with E-state index in [4.69, 9.17) is 4.74 Å². The summed E-state index contributed by atoms with van der Waals surface area (Å²) in [6.07, 6.45) is 3.20. The molecule has 1 amide bonds. The molecule has 8 nitrogen and oxygen atoms in total. The molecule has 1 aliphatic heterocycles. The largest absolute Gasteiger partial charge is 0.450 e. The van der Waals surface area contributed by atoms with Crippen molar-refractivity contribution < 1.29 is 9.53 Å². The molecule has 0 aliphatic carbocycles. The molecule has 0 aromatic carbocycles. The summed E-state index contributed by atoms with van der Waals surface area (Å²) in [6, 6.07) is 5.50. The molecule has 0 unspecified atom stereocenters. The molecule has 1 saturated heterocycles. The van der Waals surface area contributed by atoms with Crippen LogP contribution in [0.1, 0.15) is 19.8 Å². The van der Waals surface area contributed by atoms with Gasteiger partial charge in [0.2, 0.25) is 0 Å². The van der Waals surface area contributed by atoms with Gasteiger partial charge in [-0.1, -0.05) is 6.07 Å². The third-order valence-corrected chi connectivity index (χ3v) is 3.93. The quantitative estimate of drug-likeness (QED) is 0.895. The summed E-state index contributed by atoms with van der Waals surface area (Å²) in [4.78, 5) is 25.9. The first-order valence-corrected chi connectivity index (χ1v) is 7.87. The Morgan fingerprint density at radius 3 is 3.13 bits per heavy atom. The highest BCUT2D eigenvalue weighted by molar-refractivity contribution is 5.67. The first-order chi connectivity index (χ1) is 11.2. The van der Waals surface area contributed by atoms with Crippen LogP contribution in [0.4, 0.5) is 4.79 Å². The Bertz CT molecular complexity index is 738. The number of carbonyl (C=O) groups is 1. The predicted octanol–water partition coefficient (Wildman–Crippen LogP) is 0.664. The third-order valence-electron chi connectivity index (χ3n) is 3.93. The Hall–Kier alpha value is -2.35. The van der Waals surface area contributed by atoms with Crippen LogP contribution in [0, 0.1) is 0 Å². The van der Waals surface area contributed by atoms with Gasteiger partial charge in [-0.05, 0) is 31.9 Å². The molecule has 3 rings (SSSR count). The number of nitrogens with one attached hydrogen (secondary N) is 1. The Balaban J connectivity index is 1.66. The number of alkyl carbamates (subject to hydrolysis) is 1. The normalized spacial score (nSPS) is 18.9. The second-order valence-electron chi connectivity index (χ2n) is 5.63. The molecule has 2 aromatic rings. The minimum atomic E-state index is -0.385. The van der Waals surface area contributed by atoms with E-state index in [-0.39, 0.29) is 17.8 Å². The lowest BCUT2D eigenvalue weighted by molar-refractivity contribution is 0.120. The summed E-state index contributed by atoms with van der Waals surface area (Å²) < 4.78 is 7.90. The Morgan fingerprint density at radius 1 is 1.48 bits per heavy atom.